The predicted octanol–water partition coefficient (Wildman–Crippen LogP) is 1.97. The van der Waals surface area contributed by atoms with Gasteiger partial charge in [-0.15, -0.1) is 0 Å². The highest BCUT2D eigenvalue weighted by molar-refractivity contribution is 7.89. The molecule has 1 aromatic heterocycles. The number of benzene rings is 1. The van der Waals surface area contributed by atoms with Gasteiger partial charge in [0.05, 0.1) is 10.6 Å². The summed E-state index contributed by atoms with van der Waals surface area (Å²) in [4.78, 5) is 9.84. The van der Waals surface area contributed by atoms with Crippen LogP contribution >= 0.6 is 0 Å². The average molecular weight is 380 g/mol. The van der Waals surface area contributed by atoms with E-state index < -0.39 is 21.7 Å². The van der Waals surface area contributed by atoms with Gasteiger partial charge in [0.1, 0.15) is 12.1 Å². The Hall–Kier alpha value is -2.13. The smallest absolute Gasteiger partial charge is 0.243 e. The van der Waals surface area contributed by atoms with Gasteiger partial charge < -0.3 is 4.90 Å². The van der Waals surface area contributed by atoms with Crippen molar-refractivity contribution in [1.82, 2.24) is 14.3 Å². The molecule has 1 aromatic carbocycles. The topological polar surface area (TPSA) is 66.4 Å². The van der Waals surface area contributed by atoms with Crippen LogP contribution < -0.4 is 4.90 Å². The average Bonchev–Trinajstić information content (AvgIpc) is 2.62. The molecule has 3 aliphatic rings. The third kappa shape index (κ3) is 2.66. The minimum Gasteiger partial charge on any atom is -0.351 e. The van der Waals surface area contributed by atoms with Gasteiger partial charge in [0, 0.05) is 25.2 Å². The van der Waals surface area contributed by atoms with Gasteiger partial charge in [-0.3, -0.25) is 0 Å². The first-order valence-electron chi connectivity index (χ1n) is 8.45. The molecule has 3 fully saturated rings. The Morgan fingerprint density at radius 2 is 1.77 bits per heavy atom. The number of aryl methyl sites for hydroxylation is 1. The van der Waals surface area contributed by atoms with Crippen molar-refractivity contribution in [2.75, 3.05) is 18.0 Å². The van der Waals surface area contributed by atoms with Crippen LogP contribution in [0.2, 0.25) is 0 Å². The number of hydrogen-bond donors (Lipinski definition) is 0. The Morgan fingerprint density at radius 3 is 2.38 bits per heavy atom. The SMILES string of the molecule is CCc1ncnc(N2CC3CC(C2)N3S(=O)(=O)c2ccc(F)cc2)c1F. The van der Waals surface area contributed by atoms with E-state index in [4.69, 9.17) is 0 Å². The molecule has 4 heterocycles. The molecule has 2 bridgehead atoms. The number of nitrogens with zero attached hydrogens (tertiary/aromatic N) is 4. The maximum Gasteiger partial charge on any atom is 0.243 e. The highest BCUT2D eigenvalue weighted by atomic mass is 32.2. The Labute approximate surface area is 150 Å². The summed E-state index contributed by atoms with van der Waals surface area (Å²) >= 11 is 0. The second kappa shape index (κ2) is 6.24. The van der Waals surface area contributed by atoms with Crippen molar-refractivity contribution in [3.63, 3.8) is 0 Å². The zero-order valence-electron chi connectivity index (χ0n) is 14.1. The number of rotatable bonds is 4. The summed E-state index contributed by atoms with van der Waals surface area (Å²) in [7, 11) is -3.69. The lowest BCUT2D eigenvalue weighted by atomic mass is 9.91. The lowest BCUT2D eigenvalue weighted by Gasteiger charge is -2.55. The summed E-state index contributed by atoms with van der Waals surface area (Å²) in [5, 5.41) is 0. The zero-order valence-corrected chi connectivity index (χ0v) is 15.0. The summed E-state index contributed by atoms with van der Waals surface area (Å²) < 4.78 is 54.7. The van der Waals surface area contributed by atoms with Gasteiger partial charge in [-0.2, -0.15) is 4.31 Å². The number of anilines is 1. The predicted molar refractivity (Wildman–Crippen MR) is 91.2 cm³/mol. The zero-order chi connectivity index (χ0) is 18.5. The molecule has 0 amide bonds. The molecule has 2 unspecified atom stereocenters. The molecule has 5 rings (SSSR count). The number of sulfonamides is 1. The Morgan fingerprint density at radius 1 is 1.12 bits per heavy atom. The van der Waals surface area contributed by atoms with Crippen LogP contribution in [0.1, 0.15) is 19.0 Å². The molecule has 3 saturated heterocycles. The van der Waals surface area contributed by atoms with E-state index in [-0.39, 0.29) is 22.8 Å². The van der Waals surface area contributed by atoms with Gasteiger partial charge in [-0.05, 0) is 37.1 Å². The fourth-order valence-corrected chi connectivity index (χ4v) is 5.55. The summed E-state index contributed by atoms with van der Waals surface area (Å²) in [5.74, 6) is -0.695. The van der Waals surface area contributed by atoms with Crippen LogP contribution in [0, 0.1) is 11.6 Å². The first-order chi connectivity index (χ1) is 12.4. The van der Waals surface area contributed by atoms with Crippen molar-refractivity contribution >= 4 is 15.8 Å². The molecule has 0 saturated carbocycles. The van der Waals surface area contributed by atoms with Crippen LogP contribution in [0.3, 0.4) is 0 Å². The van der Waals surface area contributed by atoms with E-state index in [1.165, 1.54) is 22.8 Å². The lowest BCUT2D eigenvalue weighted by Crippen LogP contribution is -2.70. The van der Waals surface area contributed by atoms with Crippen molar-refractivity contribution in [1.29, 1.82) is 0 Å². The first kappa shape index (κ1) is 17.3. The molecule has 2 atom stereocenters. The molecule has 26 heavy (non-hydrogen) atoms. The van der Waals surface area contributed by atoms with Crippen LogP contribution in [0.5, 0.6) is 0 Å². The van der Waals surface area contributed by atoms with E-state index in [2.05, 4.69) is 9.97 Å². The van der Waals surface area contributed by atoms with Crippen LogP contribution in [0.25, 0.3) is 0 Å². The van der Waals surface area contributed by atoms with Crippen LogP contribution in [0.15, 0.2) is 35.5 Å². The third-order valence-corrected chi connectivity index (χ3v) is 7.01. The molecular formula is C17H18F2N4O2S. The lowest BCUT2D eigenvalue weighted by molar-refractivity contribution is 0.0870. The minimum absolute atomic E-state index is 0.0727. The van der Waals surface area contributed by atoms with Crippen molar-refractivity contribution in [2.24, 2.45) is 0 Å². The van der Waals surface area contributed by atoms with E-state index in [0.29, 0.717) is 25.2 Å². The molecule has 0 spiro atoms. The minimum atomic E-state index is -3.69. The molecule has 2 aromatic rings. The molecule has 0 radical (unpaired) electrons. The Bertz CT molecular complexity index is 924. The van der Waals surface area contributed by atoms with Crippen LogP contribution in [0.4, 0.5) is 14.6 Å². The molecule has 9 heteroatoms. The molecule has 138 valence electrons. The van der Waals surface area contributed by atoms with Crippen molar-refractivity contribution < 1.29 is 17.2 Å². The fourth-order valence-electron chi connectivity index (χ4n) is 3.73. The number of fused-ring (bicyclic) bond motifs is 2. The quantitative estimate of drug-likeness (QED) is 0.811. The first-order valence-corrected chi connectivity index (χ1v) is 9.89. The van der Waals surface area contributed by atoms with Crippen LogP contribution in [-0.2, 0) is 16.4 Å². The largest absolute Gasteiger partial charge is 0.351 e. The summed E-state index contributed by atoms with van der Waals surface area (Å²) in [6, 6.07) is 4.32. The number of piperazine rings is 1. The summed E-state index contributed by atoms with van der Waals surface area (Å²) in [6.07, 6.45) is 2.53. The maximum atomic E-state index is 14.5. The van der Waals surface area contributed by atoms with Crippen molar-refractivity contribution in [2.45, 2.75) is 36.7 Å². The normalized spacial score (nSPS) is 23.0. The molecular weight excluding hydrogens is 362 g/mol. The monoisotopic (exact) mass is 380 g/mol. The van der Waals surface area contributed by atoms with Gasteiger partial charge in [0.15, 0.2) is 11.6 Å². The number of piperidine rings is 1. The van der Waals surface area contributed by atoms with E-state index >= 15 is 0 Å². The number of hydrogen-bond acceptors (Lipinski definition) is 5. The Balaban J connectivity index is 1.57. The van der Waals surface area contributed by atoms with Gasteiger partial charge in [-0.1, -0.05) is 6.92 Å². The molecule has 0 N–H and O–H groups in total. The maximum absolute atomic E-state index is 14.5. The van der Waals surface area contributed by atoms with Gasteiger partial charge in [-0.25, -0.2) is 27.2 Å². The molecule has 6 nitrogen and oxygen atoms in total. The summed E-state index contributed by atoms with van der Waals surface area (Å²) in [6.45, 7) is 2.56. The van der Waals surface area contributed by atoms with Gasteiger partial charge in [0.2, 0.25) is 10.0 Å². The molecule has 0 aliphatic carbocycles. The van der Waals surface area contributed by atoms with E-state index in [9.17, 15) is 17.2 Å². The van der Waals surface area contributed by atoms with E-state index in [1.54, 1.807) is 4.90 Å². The van der Waals surface area contributed by atoms with Crippen molar-refractivity contribution in [3.8, 4) is 0 Å². The number of aromatic nitrogens is 2. The second-order valence-corrected chi connectivity index (χ2v) is 8.39. The number of halogens is 2. The molecule has 3 aliphatic heterocycles. The van der Waals surface area contributed by atoms with Crippen LogP contribution in [-0.4, -0.2) is 47.9 Å². The third-order valence-electron chi connectivity index (χ3n) is 4.99. The second-order valence-electron chi connectivity index (χ2n) is 6.55. The van der Waals surface area contributed by atoms with E-state index in [0.717, 1.165) is 18.6 Å². The summed E-state index contributed by atoms with van der Waals surface area (Å²) in [5.41, 5.74) is 0.352. The standard InChI is InChI=1S/C17H18F2N4O2S/c1-2-15-16(19)17(21-10-20-15)22-8-12-7-13(9-22)23(12)26(24,25)14-5-3-11(18)4-6-14/h3-6,10,12-13H,2,7-9H2,1H3. The highest BCUT2D eigenvalue weighted by Gasteiger charge is 2.51. The van der Waals surface area contributed by atoms with Gasteiger partial charge >= 0.3 is 0 Å². The van der Waals surface area contributed by atoms with Gasteiger partial charge in [0.25, 0.3) is 0 Å². The Kier molecular flexibility index (Phi) is 4.15. The fraction of sp³-hybridized carbons (Fsp3) is 0.412. The van der Waals surface area contributed by atoms with E-state index in [1.807, 2.05) is 6.92 Å². The highest BCUT2D eigenvalue weighted by Crippen LogP contribution is 2.39. The van der Waals surface area contributed by atoms with Crippen molar-refractivity contribution in [3.05, 3.63) is 47.9 Å².